The fourth-order valence-corrected chi connectivity index (χ4v) is 1.95. The predicted molar refractivity (Wildman–Crippen MR) is 56.6 cm³/mol. The van der Waals surface area contributed by atoms with Crippen LogP contribution in [0.25, 0.3) is 0 Å². The van der Waals surface area contributed by atoms with Gasteiger partial charge in [-0.2, -0.15) is 13.2 Å². The number of benzene rings is 1. The second kappa shape index (κ2) is 5.42. The highest BCUT2D eigenvalue weighted by Crippen LogP contribution is 2.38. The molecule has 0 unspecified atom stereocenters. The second-order valence-electron chi connectivity index (χ2n) is 2.96. The Bertz CT molecular complexity index is 357. The van der Waals surface area contributed by atoms with Crippen molar-refractivity contribution in [2.24, 2.45) is 5.73 Å². The molecule has 0 saturated carbocycles. The molecule has 16 heavy (non-hydrogen) atoms. The van der Waals surface area contributed by atoms with Crippen molar-refractivity contribution in [1.82, 2.24) is 0 Å². The number of alkyl halides is 3. The highest BCUT2D eigenvalue weighted by atomic mass is 32.2. The second-order valence-corrected chi connectivity index (χ2v) is 4.09. The Morgan fingerprint density at radius 2 is 2.06 bits per heavy atom. The fourth-order valence-electron chi connectivity index (χ4n) is 1.12. The van der Waals surface area contributed by atoms with Crippen LogP contribution >= 0.6 is 11.8 Å². The first kappa shape index (κ1) is 13.1. The van der Waals surface area contributed by atoms with Crippen molar-refractivity contribution in [3.63, 3.8) is 0 Å². The lowest BCUT2D eigenvalue weighted by Crippen LogP contribution is -2.09. The molecule has 0 bridgehead atoms. The van der Waals surface area contributed by atoms with Crippen molar-refractivity contribution in [3.05, 3.63) is 23.8 Å². The Hall–Kier alpha value is -0.920. The maximum Gasteiger partial charge on any atom is 0.417 e. The summed E-state index contributed by atoms with van der Waals surface area (Å²) in [6.45, 7) is 0.308. The van der Waals surface area contributed by atoms with Crippen molar-refractivity contribution in [2.45, 2.75) is 11.1 Å². The first-order chi connectivity index (χ1) is 7.49. The Morgan fingerprint density at radius 1 is 1.38 bits per heavy atom. The average Bonchev–Trinajstić information content (AvgIpc) is 2.25. The van der Waals surface area contributed by atoms with Gasteiger partial charge in [0.15, 0.2) is 0 Å². The minimum absolute atomic E-state index is 0.00410. The van der Waals surface area contributed by atoms with E-state index >= 15 is 0 Å². The van der Waals surface area contributed by atoms with Gasteiger partial charge in [-0.1, -0.05) is 0 Å². The maximum absolute atomic E-state index is 12.6. The highest BCUT2D eigenvalue weighted by Gasteiger charge is 2.33. The van der Waals surface area contributed by atoms with Gasteiger partial charge in [0.25, 0.3) is 0 Å². The van der Waals surface area contributed by atoms with Gasteiger partial charge in [-0.3, -0.25) is 10.7 Å². The van der Waals surface area contributed by atoms with Gasteiger partial charge >= 0.3 is 6.18 Å². The van der Waals surface area contributed by atoms with Gasteiger partial charge in [-0.15, -0.1) is 11.8 Å². The topological polar surface area (TPSA) is 58.3 Å². The zero-order chi connectivity index (χ0) is 12.2. The molecule has 0 aliphatic carbocycles. The molecular formula is C9H11F3N2OS. The number of nitrogens with two attached hydrogens (primary N) is 1. The van der Waals surface area contributed by atoms with Crippen molar-refractivity contribution in [2.75, 3.05) is 17.8 Å². The zero-order valence-corrected chi connectivity index (χ0v) is 9.03. The first-order valence-corrected chi connectivity index (χ1v) is 5.42. The summed E-state index contributed by atoms with van der Waals surface area (Å²) in [4.78, 5) is 0.108. The van der Waals surface area contributed by atoms with Crippen LogP contribution in [0.4, 0.5) is 18.9 Å². The van der Waals surface area contributed by atoms with E-state index in [2.05, 4.69) is 0 Å². The molecular weight excluding hydrogens is 241 g/mol. The van der Waals surface area contributed by atoms with Crippen LogP contribution < -0.4 is 11.2 Å². The van der Waals surface area contributed by atoms with Crippen molar-refractivity contribution in [1.29, 1.82) is 0 Å². The van der Waals surface area contributed by atoms with Crippen LogP contribution in [0, 0.1) is 0 Å². The van der Waals surface area contributed by atoms with E-state index in [1.165, 1.54) is 12.1 Å². The minimum atomic E-state index is -4.44. The smallest absolute Gasteiger partial charge is 0.330 e. The number of hydrogen-bond donors (Lipinski definition) is 3. The summed E-state index contributed by atoms with van der Waals surface area (Å²) in [6.07, 6.45) is -4.44. The van der Waals surface area contributed by atoms with Crippen LogP contribution in [0.3, 0.4) is 0 Å². The summed E-state index contributed by atoms with van der Waals surface area (Å²) in [6, 6.07) is 3.54. The largest absolute Gasteiger partial charge is 0.417 e. The van der Waals surface area contributed by atoms with E-state index in [1.807, 2.05) is 0 Å². The molecule has 3 nitrogen and oxygen atoms in total. The number of nitrogens with one attached hydrogen (secondary N) is 1. The molecule has 0 spiro atoms. The zero-order valence-electron chi connectivity index (χ0n) is 8.21. The highest BCUT2D eigenvalue weighted by molar-refractivity contribution is 7.99. The van der Waals surface area contributed by atoms with Crippen LogP contribution in [0.1, 0.15) is 5.56 Å². The summed E-state index contributed by atoms with van der Waals surface area (Å²) in [5.41, 5.74) is 6.16. The molecule has 7 heteroatoms. The van der Waals surface area contributed by atoms with Crippen LogP contribution in [-0.4, -0.2) is 17.5 Å². The molecule has 0 amide bonds. The molecule has 1 rings (SSSR count). The van der Waals surface area contributed by atoms with Gasteiger partial charge in [0, 0.05) is 17.2 Å². The van der Waals surface area contributed by atoms with Gasteiger partial charge < -0.3 is 5.73 Å². The molecule has 0 aliphatic heterocycles. The number of thioether (sulfide) groups is 1. The third-order valence-electron chi connectivity index (χ3n) is 1.79. The number of rotatable bonds is 4. The SMILES string of the molecule is NCCSc1ccc(NO)cc1C(F)(F)F. The lowest BCUT2D eigenvalue weighted by atomic mass is 10.2. The molecule has 0 atom stereocenters. The molecule has 0 fully saturated rings. The summed E-state index contributed by atoms with van der Waals surface area (Å²) >= 11 is 1.04. The molecule has 0 aromatic heterocycles. The van der Waals surface area contributed by atoms with Gasteiger partial charge in [0.1, 0.15) is 0 Å². The Balaban J connectivity index is 3.06. The van der Waals surface area contributed by atoms with E-state index in [0.29, 0.717) is 12.3 Å². The molecule has 0 radical (unpaired) electrons. The molecule has 0 saturated heterocycles. The first-order valence-electron chi connectivity index (χ1n) is 4.43. The number of halogens is 3. The third-order valence-corrected chi connectivity index (χ3v) is 2.90. The summed E-state index contributed by atoms with van der Waals surface area (Å²) < 4.78 is 37.9. The normalized spacial score (nSPS) is 11.6. The van der Waals surface area contributed by atoms with E-state index in [4.69, 9.17) is 10.9 Å². The third kappa shape index (κ3) is 3.29. The van der Waals surface area contributed by atoms with Gasteiger partial charge in [0.05, 0.1) is 11.3 Å². The van der Waals surface area contributed by atoms with Crippen molar-refractivity contribution in [3.8, 4) is 0 Å². The molecule has 4 N–H and O–H groups in total. The van der Waals surface area contributed by atoms with Crippen LogP contribution in [0.5, 0.6) is 0 Å². The summed E-state index contributed by atoms with van der Waals surface area (Å²) in [7, 11) is 0. The van der Waals surface area contributed by atoms with E-state index in [1.54, 1.807) is 5.48 Å². The predicted octanol–water partition coefficient (Wildman–Crippen LogP) is 2.56. The fraction of sp³-hybridized carbons (Fsp3) is 0.333. The van der Waals surface area contributed by atoms with Crippen LogP contribution in [-0.2, 0) is 6.18 Å². The lowest BCUT2D eigenvalue weighted by molar-refractivity contribution is -0.139. The van der Waals surface area contributed by atoms with Crippen molar-refractivity contribution >= 4 is 17.4 Å². The Labute approximate surface area is 94.8 Å². The van der Waals surface area contributed by atoms with Crippen LogP contribution in [0.15, 0.2) is 23.1 Å². The van der Waals surface area contributed by atoms with E-state index < -0.39 is 11.7 Å². The maximum atomic E-state index is 12.6. The van der Waals surface area contributed by atoms with E-state index in [0.717, 1.165) is 17.8 Å². The van der Waals surface area contributed by atoms with Gasteiger partial charge in [-0.05, 0) is 18.2 Å². The molecule has 90 valence electrons. The monoisotopic (exact) mass is 252 g/mol. The molecule has 0 heterocycles. The molecule has 1 aromatic carbocycles. The molecule has 0 aliphatic rings. The standard InChI is InChI=1S/C9H11F3N2OS/c10-9(11,12)7-5-6(14-15)1-2-8(7)16-4-3-13/h1-2,5,14-15H,3-4,13H2. The number of hydrogen-bond acceptors (Lipinski definition) is 4. The summed E-state index contributed by atoms with van der Waals surface area (Å²) in [5.74, 6) is 0.412. The Kier molecular flexibility index (Phi) is 4.45. The summed E-state index contributed by atoms with van der Waals surface area (Å²) in [5, 5.41) is 8.55. The number of anilines is 1. The van der Waals surface area contributed by atoms with Crippen molar-refractivity contribution < 1.29 is 18.4 Å². The minimum Gasteiger partial charge on any atom is -0.330 e. The van der Waals surface area contributed by atoms with E-state index in [9.17, 15) is 13.2 Å². The average molecular weight is 252 g/mol. The Morgan fingerprint density at radius 3 is 2.56 bits per heavy atom. The van der Waals surface area contributed by atoms with E-state index in [-0.39, 0.29) is 10.6 Å². The van der Waals surface area contributed by atoms with Gasteiger partial charge in [-0.25, -0.2) is 0 Å². The van der Waals surface area contributed by atoms with Gasteiger partial charge in [0.2, 0.25) is 0 Å². The quantitative estimate of drug-likeness (QED) is 0.569. The van der Waals surface area contributed by atoms with Crippen LogP contribution in [0.2, 0.25) is 0 Å². The molecule has 1 aromatic rings. The lowest BCUT2D eigenvalue weighted by Gasteiger charge is -2.13.